The number of nitrogens with one attached hydrogen (secondary N) is 1. The van der Waals surface area contributed by atoms with Crippen LogP contribution in [0.5, 0.6) is 0 Å². The van der Waals surface area contributed by atoms with Crippen LogP contribution in [0.3, 0.4) is 0 Å². The van der Waals surface area contributed by atoms with Gasteiger partial charge in [0.2, 0.25) is 0 Å². The minimum Gasteiger partial charge on any atom is -0.478 e. The van der Waals surface area contributed by atoms with Crippen LogP contribution in [-0.2, 0) is 6.42 Å². The molecule has 0 saturated heterocycles. The van der Waals surface area contributed by atoms with E-state index in [0.717, 1.165) is 5.69 Å². The fourth-order valence-electron chi connectivity index (χ4n) is 1.68. The average Bonchev–Trinajstić information content (AvgIpc) is 2.39. The maximum Gasteiger partial charge on any atom is 0.338 e. The van der Waals surface area contributed by atoms with Crippen LogP contribution in [-0.4, -0.2) is 22.6 Å². The number of carboxylic acid groups (broad SMARTS) is 1. The summed E-state index contributed by atoms with van der Waals surface area (Å²) in [6.45, 7) is 0.600. The number of anilines is 1. The summed E-state index contributed by atoms with van der Waals surface area (Å²) in [6.07, 6.45) is 2.43. The van der Waals surface area contributed by atoms with Crippen molar-refractivity contribution in [2.75, 3.05) is 11.9 Å². The number of aromatic carboxylic acids is 1. The summed E-state index contributed by atoms with van der Waals surface area (Å²) in [6, 6.07) is 9.64. The molecule has 19 heavy (non-hydrogen) atoms. The minimum atomic E-state index is -1.27. The Balaban J connectivity index is 1.93. The fourth-order valence-corrected chi connectivity index (χ4v) is 1.68. The molecule has 0 aliphatic rings. The van der Waals surface area contributed by atoms with Gasteiger partial charge in [-0.25, -0.2) is 9.18 Å². The maximum absolute atomic E-state index is 13.4. The smallest absolute Gasteiger partial charge is 0.338 e. The Morgan fingerprint density at radius 2 is 2.16 bits per heavy atom. The lowest BCUT2D eigenvalue weighted by molar-refractivity contribution is 0.0692. The quantitative estimate of drug-likeness (QED) is 0.867. The van der Waals surface area contributed by atoms with E-state index in [1.54, 1.807) is 12.3 Å². The zero-order valence-corrected chi connectivity index (χ0v) is 10.1. The lowest BCUT2D eigenvalue weighted by Gasteiger charge is -2.07. The maximum atomic E-state index is 13.4. The molecule has 2 rings (SSSR count). The number of hydrogen-bond acceptors (Lipinski definition) is 3. The first-order valence-corrected chi connectivity index (χ1v) is 5.83. The molecule has 0 bridgehead atoms. The molecule has 0 unspecified atom stereocenters. The van der Waals surface area contributed by atoms with Crippen LogP contribution in [0.15, 0.2) is 42.6 Å². The van der Waals surface area contributed by atoms with Gasteiger partial charge in [-0.05, 0) is 30.3 Å². The Bertz CT molecular complexity index is 573. The van der Waals surface area contributed by atoms with Crippen molar-refractivity contribution >= 4 is 11.7 Å². The van der Waals surface area contributed by atoms with Crippen molar-refractivity contribution in [2.24, 2.45) is 0 Å². The largest absolute Gasteiger partial charge is 0.478 e. The number of halogens is 1. The Morgan fingerprint density at radius 3 is 2.79 bits per heavy atom. The molecule has 0 aliphatic heterocycles. The summed E-state index contributed by atoms with van der Waals surface area (Å²) in [5.41, 5.74) is 1.17. The number of carboxylic acids is 1. The molecule has 1 heterocycles. The first-order chi connectivity index (χ1) is 9.16. The van der Waals surface area contributed by atoms with Gasteiger partial charge in [0.1, 0.15) is 5.82 Å². The van der Waals surface area contributed by atoms with Gasteiger partial charge in [0.15, 0.2) is 0 Å². The number of pyridine rings is 1. The Kier molecular flexibility index (Phi) is 4.07. The predicted octanol–water partition coefficient (Wildman–Crippen LogP) is 2.57. The first kappa shape index (κ1) is 13.0. The highest BCUT2D eigenvalue weighted by molar-refractivity contribution is 5.88. The number of nitrogens with zero attached hydrogens (tertiary/aromatic N) is 1. The van der Waals surface area contributed by atoms with Crippen molar-refractivity contribution in [3.8, 4) is 0 Å². The second kappa shape index (κ2) is 5.95. The number of carbonyl (C=O) groups is 1. The van der Waals surface area contributed by atoms with Crippen molar-refractivity contribution < 1.29 is 14.3 Å². The van der Waals surface area contributed by atoms with E-state index < -0.39 is 11.8 Å². The molecule has 98 valence electrons. The van der Waals surface area contributed by atoms with E-state index in [2.05, 4.69) is 10.3 Å². The highest BCUT2D eigenvalue weighted by Gasteiger charge is 2.09. The van der Waals surface area contributed by atoms with Crippen molar-refractivity contribution in [2.45, 2.75) is 6.42 Å². The molecule has 0 aliphatic carbocycles. The molecule has 0 amide bonds. The van der Waals surface area contributed by atoms with Crippen LogP contribution in [0.2, 0.25) is 0 Å². The SMILES string of the molecule is O=C(O)c1ccc(NCCc2ccccn2)cc1F. The van der Waals surface area contributed by atoms with Crippen LogP contribution in [0, 0.1) is 5.82 Å². The zero-order valence-electron chi connectivity index (χ0n) is 10.1. The molecule has 5 heteroatoms. The van der Waals surface area contributed by atoms with E-state index in [9.17, 15) is 9.18 Å². The van der Waals surface area contributed by atoms with Gasteiger partial charge in [0.05, 0.1) is 5.56 Å². The molecule has 1 aromatic heterocycles. The van der Waals surface area contributed by atoms with Gasteiger partial charge in [0.25, 0.3) is 0 Å². The molecule has 2 aromatic rings. The van der Waals surface area contributed by atoms with Gasteiger partial charge in [-0.3, -0.25) is 4.98 Å². The van der Waals surface area contributed by atoms with E-state index in [0.29, 0.717) is 18.7 Å². The zero-order chi connectivity index (χ0) is 13.7. The number of aromatic nitrogens is 1. The van der Waals surface area contributed by atoms with Crippen molar-refractivity contribution in [1.82, 2.24) is 4.98 Å². The molecule has 4 nitrogen and oxygen atoms in total. The molecule has 0 saturated carbocycles. The second-order valence-corrected chi connectivity index (χ2v) is 4.00. The van der Waals surface area contributed by atoms with Crippen LogP contribution >= 0.6 is 0 Å². The Morgan fingerprint density at radius 1 is 1.32 bits per heavy atom. The van der Waals surface area contributed by atoms with E-state index in [1.165, 1.54) is 12.1 Å². The van der Waals surface area contributed by atoms with Gasteiger partial charge in [-0.15, -0.1) is 0 Å². The molecule has 1 aromatic carbocycles. The standard InChI is InChI=1S/C14H13FN2O2/c15-13-9-11(4-5-12(13)14(18)19)17-8-6-10-3-1-2-7-16-10/h1-5,7,9,17H,6,8H2,(H,18,19). The third-order valence-electron chi connectivity index (χ3n) is 2.64. The van der Waals surface area contributed by atoms with E-state index in [1.807, 2.05) is 18.2 Å². The summed E-state index contributed by atoms with van der Waals surface area (Å²) >= 11 is 0. The van der Waals surface area contributed by atoms with E-state index in [4.69, 9.17) is 5.11 Å². The molecule has 0 radical (unpaired) electrons. The Hall–Kier alpha value is -2.43. The Labute approximate surface area is 109 Å². The molecule has 0 atom stereocenters. The number of hydrogen-bond donors (Lipinski definition) is 2. The number of benzene rings is 1. The van der Waals surface area contributed by atoms with Gasteiger partial charge < -0.3 is 10.4 Å². The molecule has 0 fully saturated rings. The van der Waals surface area contributed by atoms with Crippen LogP contribution in [0.4, 0.5) is 10.1 Å². The van der Waals surface area contributed by atoms with E-state index in [-0.39, 0.29) is 5.56 Å². The van der Waals surface area contributed by atoms with Crippen LogP contribution < -0.4 is 5.32 Å². The average molecular weight is 260 g/mol. The van der Waals surface area contributed by atoms with Crippen molar-refractivity contribution in [3.05, 3.63) is 59.7 Å². The van der Waals surface area contributed by atoms with Gasteiger partial charge in [0, 0.05) is 30.5 Å². The lowest BCUT2D eigenvalue weighted by atomic mass is 10.2. The van der Waals surface area contributed by atoms with Crippen molar-refractivity contribution in [3.63, 3.8) is 0 Å². The van der Waals surface area contributed by atoms with Gasteiger partial charge in [-0.2, -0.15) is 0 Å². The molecular formula is C14H13FN2O2. The molecular weight excluding hydrogens is 247 g/mol. The van der Waals surface area contributed by atoms with Gasteiger partial charge >= 0.3 is 5.97 Å². The first-order valence-electron chi connectivity index (χ1n) is 5.83. The highest BCUT2D eigenvalue weighted by atomic mass is 19.1. The summed E-state index contributed by atoms with van der Waals surface area (Å²) < 4.78 is 13.4. The third-order valence-corrected chi connectivity index (χ3v) is 2.64. The highest BCUT2D eigenvalue weighted by Crippen LogP contribution is 2.14. The van der Waals surface area contributed by atoms with E-state index >= 15 is 0 Å². The fraction of sp³-hybridized carbons (Fsp3) is 0.143. The summed E-state index contributed by atoms with van der Waals surface area (Å²) in [4.78, 5) is 14.8. The van der Waals surface area contributed by atoms with Crippen LogP contribution in [0.1, 0.15) is 16.1 Å². The monoisotopic (exact) mass is 260 g/mol. The normalized spacial score (nSPS) is 10.2. The number of rotatable bonds is 5. The summed E-state index contributed by atoms with van der Waals surface area (Å²) in [5, 5.41) is 11.7. The summed E-state index contributed by atoms with van der Waals surface area (Å²) in [5.74, 6) is -2.01. The van der Waals surface area contributed by atoms with Gasteiger partial charge in [-0.1, -0.05) is 6.07 Å². The summed E-state index contributed by atoms with van der Waals surface area (Å²) in [7, 11) is 0. The second-order valence-electron chi connectivity index (χ2n) is 4.00. The minimum absolute atomic E-state index is 0.324. The topological polar surface area (TPSA) is 62.2 Å². The molecule has 2 N–H and O–H groups in total. The van der Waals surface area contributed by atoms with Crippen molar-refractivity contribution in [1.29, 1.82) is 0 Å². The van der Waals surface area contributed by atoms with Crippen LogP contribution in [0.25, 0.3) is 0 Å². The lowest BCUT2D eigenvalue weighted by Crippen LogP contribution is -2.07. The molecule has 0 spiro atoms. The predicted molar refractivity (Wildman–Crippen MR) is 69.8 cm³/mol. The third kappa shape index (κ3) is 3.51.